The van der Waals surface area contributed by atoms with E-state index in [2.05, 4.69) is 21.6 Å². The first-order valence-corrected chi connectivity index (χ1v) is 9.19. The molecule has 1 heterocycles. The number of halogens is 3. The van der Waals surface area contributed by atoms with Gasteiger partial charge in [0.15, 0.2) is 0 Å². The fourth-order valence-electron chi connectivity index (χ4n) is 3.26. The van der Waals surface area contributed by atoms with Gasteiger partial charge in [0.05, 0.1) is 12.1 Å². The van der Waals surface area contributed by atoms with Crippen molar-refractivity contribution < 1.29 is 32.9 Å². The number of pyridine rings is 1. The van der Waals surface area contributed by atoms with Crippen molar-refractivity contribution in [1.82, 2.24) is 10.3 Å². The minimum absolute atomic E-state index is 0.0199. The smallest absolute Gasteiger partial charge is 0.406 e. The van der Waals surface area contributed by atoms with Gasteiger partial charge < -0.3 is 20.3 Å². The van der Waals surface area contributed by atoms with Crippen LogP contribution in [-0.4, -0.2) is 34.1 Å². The van der Waals surface area contributed by atoms with E-state index in [1.54, 1.807) is 18.2 Å². The number of hydrogen-bond acceptors (Lipinski definition) is 5. The fraction of sp³-hybridized carbons (Fsp3) is 0.182. The molecular weight excluding hydrogens is 413 g/mol. The van der Waals surface area contributed by atoms with Gasteiger partial charge in [-0.25, -0.2) is 0 Å². The quantitative estimate of drug-likeness (QED) is 0.496. The van der Waals surface area contributed by atoms with Gasteiger partial charge in [-0.3, -0.25) is 9.78 Å². The molecule has 0 spiro atoms. The van der Waals surface area contributed by atoms with Crippen LogP contribution in [-0.2, 0) is 11.3 Å². The Kier molecular flexibility index (Phi) is 6.57. The molecule has 0 saturated heterocycles. The molecule has 1 aromatic heterocycles. The molecule has 0 radical (unpaired) electrons. The number of aromatic nitrogens is 1. The second kappa shape index (κ2) is 9.15. The number of hydrogen-bond donors (Lipinski definition) is 3. The number of fused-ring (bicyclic) bond motifs is 1. The van der Waals surface area contributed by atoms with Crippen molar-refractivity contribution in [1.29, 1.82) is 0 Å². The van der Waals surface area contributed by atoms with Gasteiger partial charge in [-0.05, 0) is 47.0 Å². The van der Waals surface area contributed by atoms with Crippen molar-refractivity contribution in [2.75, 3.05) is 6.61 Å². The van der Waals surface area contributed by atoms with Crippen molar-refractivity contribution in [2.24, 2.45) is 0 Å². The maximum Gasteiger partial charge on any atom is 0.573 e. The third kappa shape index (κ3) is 5.19. The SMILES string of the molecule is C=CC(=O)NCc1cc(-c2ccc(OC(F)(F)F)cc2)c2cccnc2c1C(O)CO. The molecule has 3 N–H and O–H groups in total. The molecule has 1 atom stereocenters. The lowest BCUT2D eigenvalue weighted by Crippen LogP contribution is -2.22. The van der Waals surface area contributed by atoms with Crippen molar-refractivity contribution in [2.45, 2.75) is 19.0 Å². The number of nitrogens with zero attached hydrogens (tertiary/aromatic N) is 1. The summed E-state index contributed by atoms with van der Waals surface area (Å²) in [6.45, 7) is 2.85. The summed E-state index contributed by atoms with van der Waals surface area (Å²) in [4.78, 5) is 16.0. The maximum absolute atomic E-state index is 12.4. The first-order chi connectivity index (χ1) is 14.7. The number of aliphatic hydroxyl groups excluding tert-OH is 2. The van der Waals surface area contributed by atoms with E-state index in [1.807, 2.05) is 0 Å². The second-order valence-corrected chi connectivity index (χ2v) is 6.59. The van der Waals surface area contributed by atoms with Crippen LogP contribution >= 0.6 is 0 Å². The topological polar surface area (TPSA) is 91.7 Å². The first-order valence-electron chi connectivity index (χ1n) is 9.19. The Hall–Kier alpha value is -3.43. The zero-order valence-corrected chi connectivity index (χ0v) is 16.2. The van der Waals surface area contributed by atoms with E-state index < -0.39 is 25.0 Å². The molecule has 1 amide bonds. The molecule has 162 valence electrons. The number of nitrogens with one attached hydrogen (secondary N) is 1. The van der Waals surface area contributed by atoms with Crippen LogP contribution in [0.15, 0.2) is 61.3 Å². The van der Waals surface area contributed by atoms with Gasteiger partial charge in [-0.15, -0.1) is 13.2 Å². The van der Waals surface area contributed by atoms with Crippen LogP contribution in [0.3, 0.4) is 0 Å². The van der Waals surface area contributed by atoms with E-state index in [4.69, 9.17) is 0 Å². The Bertz CT molecular complexity index is 1100. The van der Waals surface area contributed by atoms with Crippen molar-refractivity contribution in [3.8, 4) is 16.9 Å². The number of aliphatic hydroxyl groups is 2. The molecule has 9 heteroatoms. The highest BCUT2D eigenvalue weighted by Gasteiger charge is 2.31. The molecule has 0 saturated carbocycles. The third-order valence-electron chi connectivity index (χ3n) is 4.56. The summed E-state index contributed by atoms with van der Waals surface area (Å²) in [6, 6.07) is 10.5. The number of rotatable bonds is 7. The summed E-state index contributed by atoms with van der Waals surface area (Å²) >= 11 is 0. The molecule has 0 fully saturated rings. The van der Waals surface area contributed by atoms with Gasteiger partial charge >= 0.3 is 6.36 Å². The lowest BCUT2D eigenvalue weighted by Gasteiger charge is -2.19. The van der Waals surface area contributed by atoms with Crippen molar-refractivity contribution in [3.05, 3.63) is 72.4 Å². The largest absolute Gasteiger partial charge is 0.573 e. The molecule has 0 aliphatic rings. The number of amides is 1. The summed E-state index contributed by atoms with van der Waals surface area (Å²) in [5.74, 6) is -0.787. The van der Waals surface area contributed by atoms with E-state index in [9.17, 15) is 28.2 Å². The summed E-state index contributed by atoms with van der Waals surface area (Å²) < 4.78 is 41.2. The molecular formula is C22H19F3N2O4. The molecule has 0 aliphatic carbocycles. The first kappa shape index (κ1) is 22.3. The van der Waals surface area contributed by atoms with Gasteiger partial charge in [0.2, 0.25) is 5.91 Å². The van der Waals surface area contributed by atoms with Crippen LogP contribution in [0.5, 0.6) is 5.75 Å². The molecule has 6 nitrogen and oxygen atoms in total. The predicted octanol–water partition coefficient (Wildman–Crippen LogP) is 3.63. The lowest BCUT2D eigenvalue weighted by atomic mass is 9.91. The molecule has 0 bridgehead atoms. The summed E-state index contributed by atoms with van der Waals surface area (Å²) in [5.41, 5.74) is 2.45. The summed E-state index contributed by atoms with van der Waals surface area (Å²) in [5, 5.41) is 23.2. The molecule has 3 rings (SSSR count). The highest BCUT2D eigenvalue weighted by Crippen LogP contribution is 2.36. The van der Waals surface area contributed by atoms with Crippen LogP contribution in [0.4, 0.5) is 13.2 Å². The van der Waals surface area contributed by atoms with Crippen LogP contribution < -0.4 is 10.1 Å². The maximum atomic E-state index is 12.4. The zero-order valence-electron chi connectivity index (χ0n) is 16.2. The molecule has 3 aromatic rings. The number of alkyl halides is 3. The fourth-order valence-corrected chi connectivity index (χ4v) is 3.26. The minimum Gasteiger partial charge on any atom is -0.406 e. The van der Waals surface area contributed by atoms with E-state index in [0.29, 0.717) is 33.2 Å². The van der Waals surface area contributed by atoms with Crippen LogP contribution in [0.1, 0.15) is 17.2 Å². The van der Waals surface area contributed by atoms with E-state index >= 15 is 0 Å². The van der Waals surface area contributed by atoms with Gasteiger partial charge in [0, 0.05) is 23.7 Å². The monoisotopic (exact) mass is 432 g/mol. The highest BCUT2D eigenvalue weighted by atomic mass is 19.4. The highest BCUT2D eigenvalue weighted by molar-refractivity contribution is 5.97. The normalized spacial score (nSPS) is 12.4. The summed E-state index contributed by atoms with van der Waals surface area (Å²) in [6.07, 6.45) is -3.42. The van der Waals surface area contributed by atoms with E-state index in [-0.39, 0.29) is 12.3 Å². The Morgan fingerprint density at radius 2 is 1.97 bits per heavy atom. The number of carbonyl (C=O) groups excluding carboxylic acids is 1. The van der Waals surface area contributed by atoms with Gasteiger partial charge in [0.1, 0.15) is 11.9 Å². The van der Waals surface area contributed by atoms with Crippen LogP contribution in [0, 0.1) is 0 Å². The average molecular weight is 432 g/mol. The molecule has 0 aliphatic heterocycles. The second-order valence-electron chi connectivity index (χ2n) is 6.59. The Morgan fingerprint density at radius 1 is 1.26 bits per heavy atom. The number of benzene rings is 2. The van der Waals surface area contributed by atoms with E-state index in [1.165, 1.54) is 30.5 Å². The Labute approximate surface area is 175 Å². The van der Waals surface area contributed by atoms with Crippen molar-refractivity contribution >= 4 is 16.8 Å². The van der Waals surface area contributed by atoms with E-state index in [0.717, 1.165) is 6.08 Å². The zero-order chi connectivity index (χ0) is 22.6. The number of carbonyl (C=O) groups is 1. The van der Waals surface area contributed by atoms with Gasteiger partial charge in [0.25, 0.3) is 0 Å². The van der Waals surface area contributed by atoms with Gasteiger partial charge in [-0.1, -0.05) is 24.8 Å². The molecule has 1 unspecified atom stereocenters. The molecule has 31 heavy (non-hydrogen) atoms. The van der Waals surface area contributed by atoms with Crippen molar-refractivity contribution in [3.63, 3.8) is 0 Å². The third-order valence-corrected chi connectivity index (χ3v) is 4.56. The Morgan fingerprint density at radius 3 is 2.58 bits per heavy atom. The average Bonchev–Trinajstić information content (AvgIpc) is 2.75. The standard InChI is InChI=1S/C22H19F3N2O4/c1-2-19(30)27-11-14-10-17(13-5-7-15(8-6-13)31-22(23,24)25)16-4-3-9-26-21(16)20(14)18(29)12-28/h2-10,18,28-29H,1,11-12H2,(H,27,30). The summed E-state index contributed by atoms with van der Waals surface area (Å²) in [7, 11) is 0. The lowest BCUT2D eigenvalue weighted by molar-refractivity contribution is -0.274. The van der Waals surface area contributed by atoms with Gasteiger partial charge in [-0.2, -0.15) is 0 Å². The molecule has 2 aromatic carbocycles. The van der Waals surface area contributed by atoms with Crippen LogP contribution in [0.2, 0.25) is 0 Å². The minimum atomic E-state index is -4.79. The Balaban J connectivity index is 2.15. The predicted molar refractivity (Wildman–Crippen MR) is 108 cm³/mol. The number of ether oxygens (including phenoxy) is 1. The van der Waals surface area contributed by atoms with Crippen LogP contribution in [0.25, 0.3) is 22.0 Å².